The second-order valence-corrected chi connectivity index (χ2v) is 9.98. The Morgan fingerprint density at radius 1 is 1.15 bits per heavy atom. The summed E-state index contributed by atoms with van der Waals surface area (Å²) in [6, 6.07) is 9.61. The van der Waals surface area contributed by atoms with E-state index in [9.17, 15) is 8.42 Å². The number of benzene rings is 1. The van der Waals surface area contributed by atoms with Gasteiger partial charge in [0.2, 0.25) is 10.0 Å². The standard InChI is InChI=1S/C18H18Cl2IN3O2S/c1-2-27(25,26)24-8-6-23(7-9-24)18-5-3-4-14(22-18)10-13-11-15(19)16(20)12-17(13)21/h2-5,11-12H,1,6-10H2. The lowest BCUT2D eigenvalue weighted by atomic mass is 10.1. The second kappa shape index (κ2) is 8.65. The van der Waals surface area contributed by atoms with Gasteiger partial charge in [-0.05, 0) is 52.4 Å². The van der Waals surface area contributed by atoms with Crippen LogP contribution in [0.5, 0.6) is 0 Å². The molecule has 1 aliphatic rings. The molecule has 0 atom stereocenters. The van der Waals surface area contributed by atoms with Crippen molar-refractivity contribution in [1.82, 2.24) is 9.29 Å². The molecule has 0 bridgehead atoms. The number of pyridine rings is 1. The van der Waals surface area contributed by atoms with Crippen LogP contribution in [0.4, 0.5) is 5.82 Å². The Bertz CT molecular complexity index is 961. The van der Waals surface area contributed by atoms with Crippen LogP contribution in [-0.4, -0.2) is 43.9 Å². The predicted molar refractivity (Wildman–Crippen MR) is 119 cm³/mol. The molecule has 9 heteroatoms. The fourth-order valence-corrected chi connectivity index (χ4v) is 4.99. The molecule has 2 heterocycles. The van der Waals surface area contributed by atoms with Crippen molar-refractivity contribution in [3.05, 3.63) is 67.2 Å². The van der Waals surface area contributed by atoms with Gasteiger partial charge in [-0.3, -0.25) is 0 Å². The van der Waals surface area contributed by atoms with Crippen molar-refractivity contribution in [2.24, 2.45) is 0 Å². The van der Waals surface area contributed by atoms with Crippen LogP contribution in [0, 0.1) is 3.57 Å². The first-order valence-corrected chi connectivity index (χ1v) is 11.6. The predicted octanol–water partition coefficient (Wildman–Crippen LogP) is 4.18. The van der Waals surface area contributed by atoms with Gasteiger partial charge in [0.05, 0.1) is 10.0 Å². The zero-order valence-electron chi connectivity index (χ0n) is 14.4. The number of hydrogen-bond donors (Lipinski definition) is 0. The number of halogens is 3. The van der Waals surface area contributed by atoms with Gasteiger partial charge in [-0.15, -0.1) is 0 Å². The smallest absolute Gasteiger partial charge is 0.235 e. The number of nitrogens with zero attached hydrogens (tertiary/aromatic N) is 3. The van der Waals surface area contributed by atoms with Gasteiger partial charge >= 0.3 is 0 Å². The van der Waals surface area contributed by atoms with Gasteiger partial charge in [0.1, 0.15) is 5.82 Å². The summed E-state index contributed by atoms with van der Waals surface area (Å²) in [5.74, 6) is 0.846. The SMILES string of the molecule is C=CS(=O)(=O)N1CCN(c2cccc(Cc3cc(Cl)c(Cl)cc3I)n2)CC1. The minimum Gasteiger partial charge on any atom is -0.354 e. The lowest BCUT2D eigenvalue weighted by Crippen LogP contribution is -2.48. The molecule has 0 unspecified atom stereocenters. The molecule has 1 aromatic carbocycles. The van der Waals surface area contributed by atoms with Crippen molar-refractivity contribution in [3.63, 3.8) is 0 Å². The molecule has 3 rings (SSSR count). The van der Waals surface area contributed by atoms with Gasteiger partial charge in [0.25, 0.3) is 0 Å². The fourth-order valence-electron chi connectivity index (χ4n) is 2.91. The molecule has 0 spiro atoms. The Balaban J connectivity index is 1.73. The summed E-state index contributed by atoms with van der Waals surface area (Å²) in [6.07, 6.45) is 0.647. The number of rotatable bonds is 5. The Labute approximate surface area is 183 Å². The number of aromatic nitrogens is 1. The van der Waals surface area contributed by atoms with Gasteiger partial charge in [-0.2, -0.15) is 4.31 Å². The molecule has 144 valence electrons. The van der Waals surface area contributed by atoms with Crippen LogP contribution in [0.25, 0.3) is 0 Å². The monoisotopic (exact) mass is 537 g/mol. The van der Waals surface area contributed by atoms with E-state index in [0.717, 1.165) is 26.1 Å². The van der Waals surface area contributed by atoms with Crippen LogP contribution < -0.4 is 4.90 Å². The lowest BCUT2D eigenvalue weighted by Gasteiger charge is -2.34. The second-order valence-electron chi connectivity index (χ2n) is 6.12. The van der Waals surface area contributed by atoms with Crippen molar-refractivity contribution < 1.29 is 8.42 Å². The fraction of sp³-hybridized carbons (Fsp3) is 0.278. The van der Waals surface area contributed by atoms with Crippen LogP contribution in [0.1, 0.15) is 11.3 Å². The highest BCUT2D eigenvalue weighted by Crippen LogP contribution is 2.28. The quantitative estimate of drug-likeness (QED) is 0.424. The summed E-state index contributed by atoms with van der Waals surface area (Å²) in [6.45, 7) is 5.41. The zero-order valence-corrected chi connectivity index (χ0v) is 18.9. The average Bonchev–Trinajstić information content (AvgIpc) is 2.66. The van der Waals surface area contributed by atoms with Crippen LogP contribution in [0.15, 0.2) is 42.3 Å². The summed E-state index contributed by atoms with van der Waals surface area (Å²) in [4.78, 5) is 6.85. The third-order valence-electron chi connectivity index (χ3n) is 4.39. The molecule has 1 fully saturated rings. The van der Waals surface area contributed by atoms with E-state index < -0.39 is 10.0 Å². The van der Waals surface area contributed by atoms with Gasteiger partial charge in [-0.1, -0.05) is 35.8 Å². The highest BCUT2D eigenvalue weighted by molar-refractivity contribution is 14.1. The molecule has 0 aliphatic carbocycles. The first-order chi connectivity index (χ1) is 12.8. The maximum Gasteiger partial charge on any atom is 0.235 e. The molecular formula is C18H18Cl2IN3O2S. The highest BCUT2D eigenvalue weighted by Gasteiger charge is 2.25. The van der Waals surface area contributed by atoms with E-state index in [1.165, 1.54) is 4.31 Å². The number of anilines is 1. The molecular weight excluding hydrogens is 520 g/mol. The van der Waals surface area contributed by atoms with Crippen molar-refractivity contribution in [2.45, 2.75) is 6.42 Å². The maximum atomic E-state index is 11.9. The van der Waals surface area contributed by atoms with Crippen LogP contribution >= 0.6 is 45.8 Å². The van der Waals surface area contributed by atoms with Gasteiger partial charge in [-0.25, -0.2) is 13.4 Å². The van der Waals surface area contributed by atoms with Crippen molar-refractivity contribution >= 4 is 61.6 Å². The Morgan fingerprint density at radius 3 is 2.48 bits per heavy atom. The Hall–Kier alpha value is -0.870. The average molecular weight is 538 g/mol. The molecule has 0 amide bonds. The Kier molecular flexibility index (Phi) is 6.68. The summed E-state index contributed by atoms with van der Waals surface area (Å²) in [5.41, 5.74) is 1.99. The number of hydrogen-bond acceptors (Lipinski definition) is 4. The van der Waals surface area contributed by atoms with Gasteiger partial charge in [0, 0.05) is 47.3 Å². The van der Waals surface area contributed by atoms with Crippen molar-refractivity contribution in [3.8, 4) is 0 Å². The minimum atomic E-state index is -3.36. The number of sulfonamides is 1. The third-order valence-corrected chi connectivity index (χ3v) is 7.62. The molecule has 1 aromatic heterocycles. The maximum absolute atomic E-state index is 11.9. The summed E-state index contributed by atoms with van der Waals surface area (Å²) < 4.78 is 26.3. The number of piperazine rings is 1. The van der Waals surface area contributed by atoms with E-state index >= 15 is 0 Å². The molecule has 2 aromatic rings. The van der Waals surface area contributed by atoms with Crippen molar-refractivity contribution in [1.29, 1.82) is 0 Å². The molecule has 0 radical (unpaired) electrons. The van der Waals surface area contributed by atoms with E-state index in [0.29, 0.717) is 42.6 Å². The van der Waals surface area contributed by atoms with Crippen LogP contribution in [0.3, 0.4) is 0 Å². The largest absolute Gasteiger partial charge is 0.354 e. The van der Waals surface area contributed by atoms with E-state index in [1.54, 1.807) is 0 Å². The van der Waals surface area contributed by atoms with E-state index in [2.05, 4.69) is 34.1 Å². The third kappa shape index (κ3) is 4.95. The topological polar surface area (TPSA) is 53.5 Å². The van der Waals surface area contributed by atoms with Gasteiger partial charge in [0.15, 0.2) is 0 Å². The molecule has 5 nitrogen and oxygen atoms in total. The van der Waals surface area contributed by atoms with E-state index in [-0.39, 0.29) is 0 Å². The molecule has 1 aliphatic heterocycles. The molecule has 1 saturated heterocycles. The normalized spacial score (nSPS) is 15.7. The Morgan fingerprint density at radius 2 is 1.81 bits per heavy atom. The molecule has 0 N–H and O–H groups in total. The molecule has 27 heavy (non-hydrogen) atoms. The van der Waals surface area contributed by atoms with Crippen LogP contribution in [0.2, 0.25) is 10.0 Å². The summed E-state index contributed by atoms with van der Waals surface area (Å²) in [7, 11) is -3.36. The van der Waals surface area contributed by atoms with E-state index in [4.69, 9.17) is 28.2 Å². The first kappa shape index (κ1) is 20.9. The summed E-state index contributed by atoms with van der Waals surface area (Å²) >= 11 is 14.4. The summed E-state index contributed by atoms with van der Waals surface area (Å²) in [5, 5.41) is 2.07. The highest BCUT2D eigenvalue weighted by atomic mass is 127. The first-order valence-electron chi connectivity index (χ1n) is 8.27. The van der Waals surface area contributed by atoms with Crippen LogP contribution in [-0.2, 0) is 16.4 Å². The van der Waals surface area contributed by atoms with Gasteiger partial charge < -0.3 is 4.90 Å². The van der Waals surface area contributed by atoms with Crippen molar-refractivity contribution in [2.75, 3.05) is 31.1 Å². The van der Waals surface area contributed by atoms with E-state index in [1.807, 2.05) is 30.3 Å². The zero-order chi connectivity index (χ0) is 19.6. The minimum absolute atomic E-state index is 0.422. The lowest BCUT2D eigenvalue weighted by molar-refractivity contribution is 0.388. The molecule has 0 saturated carbocycles.